The fourth-order valence-corrected chi connectivity index (χ4v) is 5.25. The highest BCUT2D eigenvalue weighted by Crippen LogP contribution is 2.50. The van der Waals surface area contributed by atoms with Crippen molar-refractivity contribution in [2.24, 2.45) is 17.8 Å². The highest BCUT2D eigenvalue weighted by molar-refractivity contribution is 8.18. The van der Waals surface area contributed by atoms with E-state index in [1.54, 1.807) is 18.2 Å². The molecule has 3 aliphatic rings. The monoisotopic (exact) mass is 474 g/mol. The van der Waals surface area contributed by atoms with E-state index in [0.29, 0.717) is 51.9 Å². The second-order valence-electron chi connectivity index (χ2n) is 8.68. The van der Waals surface area contributed by atoms with E-state index in [1.807, 2.05) is 0 Å². The fraction of sp³-hybridized carbons (Fsp3) is 0.542. The second kappa shape index (κ2) is 10.1. The highest BCUT2D eigenvalue weighted by Gasteiger charge is 2.42. The summed E-state index contributed by atoms with van der Waals surface area (Å²) in [4.78, 5) is 39.1. The van der Waals surface area contributed by atoms with Gasteiger partial charge in [0.2, 0.25) is 11.7 Å². The molecule has 1 aromatic rings. The minimum absolute atomic E-state index is 0.0127. The van der Waals surface area contributed by atoms with Gasteiger partial charge in [-0.25, -0.2) is 0 Å². The fourth-order valence-electron chi connectivity index (χ4n) is 4.39. The first kappa shape index (κ1) is 23.5. The number of nitrogens with one attached hydrogen (secondary N) is 1. The number of nitrogens with zero attached hydrogens (tertiary/aromatic N) is 1. The van der Waals surface area contributed by atoms with Crippen molar-refractivity contribution in [3.05, 3.63) is 22.6 Å². The van der Waals surface area contributed by atoms with Gasteiger partial charge >= 0.3 is 0 Å². The summed E-state index contributed by atoms with van der Waals surface area (Å²) in [6.07, 6.45) is 7.14. The molecule has 1 aromatic carbocycles. The minimum Gasteiger partial charge on any atom is -0.493 e. The number of amides is 3. The Hall–Kier alpha value is -2.68. The summed E-state index contributed by atoms with van der Waals surface area (Å²) in [7, 11) is 4.55. The number of hydrogen-bond acceptors (Lipinski definition) is 7. The lowest BCUT2D eigenvalue weighted by atomic mass is 9.94. The van der Waals surface area contributed by atoms with E-state index in [-0.39, 0.29) is 30.1 Å². The first-order valence-corrected chi connectivity index (χ1v) is 12.1. The maximum atomic E-state index is 12.8. The smallest absolute Gasteiger partial charge is 0.293 e. The maximum absolute atomic E-state index is 12.8. The molecule has 0 spiro atoms. The van der Waals surface area contributed by atoms with Crippen LogP contribution in [0.5, 0.6) is 17.2 Å². The van der Waals surface area contributed by atoms with Gasteiger partial charge in [0.15, 0.2) is 11.5 Å². The van der Waals surface area contributed by atoms with Crippen molar-refractivity contribution in [2.75, 3.05) is 34.4 Å². The zero-order valence-electron chi connectivity index (χ0n) is 19.2. The zero-order valence-corrected chi connectivity index (χ0v) is 20.0. The molecule has 2 saturated carbocycles. The Morgan fingerprint density at radius 3 is 2.21 bits per heavy atom. The van der Waals surface area contributed by atoms with E-state index in [2.05, 4.69) is 5.32 Å². The molecule has 8 nitrogen and oxygen atoms in total. The molecule has 1 aliphatic heterocycles. The number of methoxy groups -OCH3 is 3. The van der Waals surface area contributed by atoms with Crippen molar-refractivity contribution in [3.63, 3.8) is 0 Å². The first-order chi connectivity index (χ1) is 15.9. The predicted octanol–water partition coefficient (Wildman–Crippen LogP) is 3.69. The molecule has 2 aliphatic carbocycles. The Morgan fingerprint density at radius 1 is 1.09 bits per heavy atom. The topological polar surface area (TPSA) is 94.2 Å². The summed E-state index contributed by atoms with van der Waals surface area (Å²) in [6, 6.07) is 3.43. The SMILES string of the molecule is COc1cc(/C=C2\SC(=O)N(CCNC(=O)CC(C3CC3)C3CC3)C2=O)cc(OC)c1OC. The summed E-state index contributed by atoms with van der Waals surface area (Å²) < 4.78 is 16.0. The van der Waals surface area contributed by atoms with E-state index in [0.717, 1.165) is 11.8 Å². The lowest BCUT2D eigenvalue weighted by molar-refractivity contribution is -0.124. The molecule has 1 N–H and O–H groups in total. The van der Waals surface area contributed by atoms with Gasteiger partial charge in [0.1, 0.15) is 0 Å². The van der Waals surface area contributed by atoms with Crippen LogP contribution in [0.3, 0.4) is 0 Å². The lowest BCUT2D eigenvalue weighted by Gasteiger charge is -2.16. The molecule has 0 aromatic heterocycles. The van der Waals surface area contributed by atoms with Crippen LogP contribution in [0.25, 0.3) is 6.08 Å². The third-order valence-corrected chi connectivity index (χ3v) is 7.30. The van der Waals surface area contributed by atoms with Crippen LogP contribution in [0.4, 0.5) is 4.79 Å². The summed E-state index contributed by atoms with van der Waals surface area (Å²) >= 11 is 0.880. The van der Waals surface area contributed by atoms with E-state index >= 15 is 0 Å². The van der Waals surface area contributed by atoms with E-state index < -0.39 is 0 Å². The van der Waals surface area contributed by atoms with Crippen molar-refractivity contribution >= 4 is 34.9 Å². The van der Waals surface area contributed by atoms with Crippen LogP contribution in [-0.4, -0.2) is 56.4 Å². The summed E-state index contributed by atoms with van der Waals surface area (Å²) in [5.74, 6) is 2.94. The maximum Gasteiger partial charge on any atom is 0.293 e. The van der Waals surface area contributed by atoms with Crippen LogP contribution < -0.4 is 19.5 Å². The van der Waals surface area contributed by atoms with Gasteiger partial charge in [-0.05, 0) is 79.0 Å². The molecule has 0 bridgehead atoms. The predicted molar refractivity (Wildman–Crippen MR) is 125 cm³/mol. The summed E-state index contributed by atoms with van der Waals surface area (Å²) in [5, 5.41) is 2.55. The normalized spacial score (nSPS) is 19.4. The van der Waals surface area contributed by atoms with Crippen molar-refractivity contribution in [1.29, 1.82) is 0 Å². The Kier molecular flexibility index (Phi) is 7.17. The number of rotatable bonds is 11. The molecule has 33 heavy (non-hydrogen) atoms. The second-order valence-corrected chi connectivity index (χ2v) is 9.68. The Labute approximate surface area is 198 Å². The van der Waals surface area contributed by atoms with Gasteiger partial charge in [0.05, 0.1) is 26.2 Å². The van der Waals surface area contributed by atoms with Gasteiger partial charge in [-0.15, -0.1) is 0 Å². The Morgan fingerprint density at radius 2 is 1.70 bits per heavy atom. The van der Waals surface area contributed by atoms with Gasteiger partial charge in [0, 0.05) is 19.5 Å². The van der Waals surface area contributed by atoms with Crippen molar-refractivity contribution in [1.82, 2.24) is 10.2 Å². The van der Waals surface area contributed by atoms with E-state index in [9.17, 15) is 14.4 Å². The number of carbonyl (C=O) groups excluding carboxylic acids is 3. The molecule has 3 fully saturated rings. The van der Waals surface area contributed by atoms with Crippen LogP contribution in [-0.2, 0) is 9.59 Å². The van der Waals surface area contributed by atoms with Crippen molar-refractivity contribution < 1.29 is 28.6 Å². The molecule has 9 heteroatoms. The minimum atomic E-state index is -0.373. The molecule has 1 heterocycles. The molecule has 4 rings (SSSR count). The Bertz CT molecular complexity index is 933. The molecule has 3 amide bonds. The summed E-state index contributed by atoms with van der Waals surface area (Å²) in [5.41, 5.74) is 0.648. The first-order valence-electron chi connectivity index (χ1n) is 11.3. The van der Waals surface area contributed by atoms with E-state index in [4.69, 9.17) is 14.2 Å². The van der Waals surface area contributed by atoms with Crippen molar-refractivity contribution in [3.8, 4) is 17.2 Å². The van der Waals surface area contributed by atoms with Gasteiger partial charge in [-0.2, -0.15) is 0 Å². The average molecular weight is 475 g/mol. The molecule has 0 radical (unpaired) electrons. The molecule has 0 atom stereocenters. The standard InChI is InChI=1S/C24H30N2O6S/c1-30-18-10-14(11-19(31-2)22(18)32-3)12-20-23(28)26(24(29)33-20)9-8-25-21(27)13-17(15-4-5-15)16-6-7-16/h10-12,15-17H,4-9,13H2,1-3H3,(H,25,27)/b20-12-. The Balaban J connectivity index is 1.35. The lowest BCUT2D eigenvalue weighted by Crippen LogP contribution is -2.37. The molecule has 178 valence electrons. The van der Waals surface area contributed by atoms with Crippen LogP contribution in [0.1, 0.15) is 37.7 Å². The van der Waals surface area contributed by atoms with Gasteiger partial charge in [-0.3, -0.25) is 19.3 Å². The molecule has 1 saturated heterocycles. The quantitative estimate of drug-likeness (QED) is 0.489. The van der Waals surface area contributed by atoms with E-state index in [1.165, 1.54) is 51.9 Å². The van der Waals surface area contributed by atoms with Crippen LogP contribution in [0.15, 0.2) is 17.0 Å². The van der Waals surface area contributed by atoms with Crippen LogP contribution >= 0.6 is 11.8 Å². The largest absolute Gasteiger partial charge is 0.493 e. The number of benzene rings is 1. The number of thioether (sulfide) groups is 1. The third-order valence-electron chi connectivity index (χ3n) is 6.39. The zero-order chi connectivity index (χ0) is 23.5. The third kappa shape index (κ3) is 5.46. The molecular formula is C24H30N2O6S. The van der Waals surface area contributed by atoms with Gasteiger partial charge in [-0.1, -0.05) is 0 Å². The summed E-state index contributed by atoms with van der Waals surface area (Å²) in [6.45, 7) is 0.414. The number of hydrogen-bond donors (Lipinski definition) is 1. The van der Waals surface area contributed by atoms with Crippen LogP contribution in [0.2, 0.25) is 0 Å². The number of ether oxygens (including phenoxy) is 3. The average Bonchev–Trinajstić information content (AvgIpc) is 3.72. The molecular weight excluding hydrogens is 444 g/mol. The van der Waals surface area contributed by atoms with Gasteiger partial charge < -0.3 is 19.5 Å². The number of imide groups is 1. The van der Waals surface area contributed by atoms with Crippen LogP contribution in [0, 0.1) is 17.8 Å². The van der Waals surface area contributed by atoms with Gasteiger partial charge in [0.25, 0.3) is 11.1 Å². The highest BCUT2D eigenvalue weighted by atomic mass is 32.2. The molecule has 0 unspecified atom stereocenters. The number of carbonyl (C=O) groups is 3. The van der Waals surface area contributed by atoms with Crippen molar-refractivity contribution in [2.45, 2.75) is 32.1 Å².